The monoisotopic (exact) mass is 366 g/mol. The molecule has 1 aromatic heterocycles. The molecule has 1 atom stereocenters. The number of ether oxygens (including phenoxy) is 1. The summed E-state index contributed by atoms with van der Waals surface area (Å²) in [6.45, 7) is 1.02. The lowest BCUT2D eigenvalue weighted by molar-refractivity contribution is 0.0835. The molecular weight excluding hydrogens is 348 g/mol. The van der Waals surface area contributed by atoms with Crippen LogP contribution >= 0.6 is 0 Å². The molecule has 9 nitrogen and oxygen atoms in total. The van der Waals surface area contributed by atoms with E-state index in [9.17, 15) is 13.2 Å². The van der Waals surface area contributed by atoms with Gasteiger partial charge in [-0.15, -0.1) is 0 Å². The van der Waals surface area contributed by atoms with Crippen LogP contribution in [-0.4, -0.2) is 37.6 Å². The van der Waals surface area contributed by atoms with Crippen molar-refractivity contribution in [1.29, 1.82) is 0 Å². The lowest BCUT2D eigenvalue weighted by atomic mass is 10.2. The van der Waals surface area contributed by atoms with Crippen molar-refractivity contribution in [2.24, 2.45) is 5.14 Å². The third kappa shape index (κ3) is 4.41. The highest BCUT2D eigenvalue weighted by Crippen LogP contribution is 2.26. The van der Waals surface area contributed by atoms with Gasteiger partial charge < -0.3 is 14.6 Å². The van der Waals surface area contributed by atoms with Crippen molar-refractivity contribution in [3.63, 3.8) is 0 Å². The van der Waals surface area contributed by atoms with Crippen LogP contribution in [0.2, 0.25) is 0 Å². The van der Waals surface area contributed by atoms with Gasteiger partial charge in [-0.3, -0.25) is 4.79 Å². The minimum Gasteiger partial charge on any atom is -0.368 e. The van der Waals surface area contributed by atoms with Crippen molar-refractivity contribution in [2.75, 3.05) is 13.2 Å². The molecule has 1 fully saturated rings. The fourth-order valence-electron chi connectivity index (χ4n) is 2.46. The van der Waals surface area contributed by atoms with E-state index in [0.29, 0.717) is 36.9 Å². The summed E-state index contributed by atoms with van der Waals surface area (Å²) in [7, 11) is -3.77. The summed E-state index contributed by atoms with van der Waals surface area (Å²) in [5, 5.41) is 11.6. The fraction of sp³-hybridized carbons (Fsp3) is 0.400. The second-order valence-corrected chi connectivity index (χ2v) is 7.19. The first-order chi connectivity index (χ1) is 11.9. The van der Waals surface area contributed by atoms with Crippen molar-refractivity contribution in [3.8, 4) is 0 Å². The molecule has 3 N–H and O–H groups in total. The van der Waals surface area contributed by atoms with Gasteiger partial charge >= 0.3 is 0 Å². The lowest BCUT2D eigenvalue weighted by Gasteiger charge is -2.04. The van der Waals surface area contributed by atoms with Crippen LogP contribution in [0, 0.1) is 0 Å². The smallest absolute Gasteiger partial charge is 0.255 e. The molecule has 25 heavy (non-hydrogen) atoms. The zero-order chi connectivity index (χ0) is 17.9. The normalized spacial score (nSPS) is 17.6. The summed E-state index contributed by atoms with van der Waals surface area (Å²) < 4.78 is 33.0. The SMILES string of the molecule is NS(=O)(=O)c1ccc(C(=O)NCCc2noc([C@@H]3CCCO3)n2)cc1. The standard InChI is InChI=1S/C15H18N4O5S/c16-25(21,22)11-5-3-10(4-6-11)14(20)17-8-7-13-18-15(24-19-13)12-2-1-9-23-12/h3-6,12H,1-2,7-9H2,(H,17,20)(H2,16,21,22)/t12-/m0/s1. The number of aromatic nitrogens is 2. The number of nitrogens with one attached hydrogen (secondary N) is 1. The Labute approximate surface area is 144 Å². The van der Waals surface area contributed by atoms with E-state index in [-0.39, 0.29) is 16.9 Å². The molecule has 0 unspecified atom stereocenters. The molecule has 3 rings (SSSR count). The second kappa shape index (κ2) is 7.30. The molecule has 1 aromatic carbocycles. The third-order valence-corrected chi connectivity index (χ3v) is 4.70. The van der Waals surface area contributed by atoms with Gasteiger partial charge in [-0.2, -0.15) is 4.98 Å². The number of carbonyl (C=O) groups excluding carboxylic acids is 1. The van der Waals surface area contributed by atoms with Crippen molar-refractivity contribution >= 4 is 15.9 Å². The molecule has 0 saturated carbocycles. The summed E-state index contributed by atoms with van der Waals surface area (Å²) in [4.78, 5) is 16.3. The van der Waals surface area contributed by atoms with Gasteiger partial charge in [0, 0.05) is 25.1 Å². The average molecular weight is 366 g/mol. The summed E-state index contributed by atoms with van der Waals surface area (Å²) in [5.74, 6) is 0.636. The molecule has 2 heterocycles. The molecule has 2 aromatic rings. The molecule has 1 aliphatic rings. The Morgan fingerprint density at radius 1 is 1.32 bits per heavy atom. The minimum atomic E-state index is -3.77. The predicted octanol–water partition coefficient (Wildman–Crippen LogP) is 0.541. The number of amides is 1. The van der Waals surface area contributed by atoms with Crippen LogP contribution in [0.25, 0.3) is 0 Å². The Morgan fingerprint density at radius 3 is 2.72 bits per heavy atom. The lowest BCUT2D eigenvalue weighted by Crippen LogP contribution is -2.26. The zero-order valence-electron chi connectivity index (χ0n) is 13.3. The van der Waals surface area contributed by atoms with E-state index in [1.54, 1.807) is 0 Å². The first-order valence-electron chi connectivity index (χ1n) is 7.78. The molecule has 1 saturated heterocycles. The molecule has 0 aliphatic carbocycles. The van der Waals surface area contributed by atoms with Crippen LogP contribution in [0.4, 0.5) is 0 Å². The first kappa shape index (κ1) is 17.5. The van der Waals surface area contributed by atoms with Crippen LogP contribution in [0.15, 0.2) is 33.7 Å². The summed E-state index contributed by atoms with van der Waals surface area (Å²) in [6, 6.07) is 5.38. The van der Waals surface area contributed by atoms with Crippen molar-refractivity contribution in [3.05, 3.63) is 41.5 Å². The Bertz CT molecular complexity index is 841. The molecule has 0 spiro atoms. The van der Waals surface area contributed by atoms with E-state index >= 15 is 0 Å². The van der Waals surface area contributed by atoms with Gasteiger partial charge in [0.1, 0.15) is 6.10 Å². The largest absolute Gasteiger partial charge is 0.368 e. The highest BCUT2D eigenvalue weighted by Gasteiger charge is 2.23. The molecule has 134 valence electrons. The van der Waals surface area contributed by atoms with Gasteiger partial charge in [-0.05, 0) is 37.1 Å². The van der Waals surface area contributed by atoms with E-state index in [2.05, 4.69) is 15.5 Å². The highest BCUT2D eigenvalue weighted by molar-refractivity contribution is 7.89. The maximum atomic E-state index is 12.0. The Kier molecular flexibility index (Phi) is 5.11. The molecule has 10 heteroatoms. The van der Waals surface area contributed by atoms with E-state index < -0.39 is 10.0 Å². The minimum absolute atomic E-state index is 0.0440. The molecule has 0 bridgehead atoms. The number of rotatable bonds is 6. The number of benzene rings is 1. The van der Waals surface area contributed by atoms with Gasteiger partial charge in [-0.1, -0.05) is 5.16 Å². The van der Waals surface area contributed by atoms with Crippen LogP contribution in [0.3, 0.4) is 0 Å². The van der Waals surface area contributed by atoms with Gasteiger partial charge in [0.15, 0.2) is 5.82 Å². The molecular formula is C15H18N4O5S. The van der Waals surface area contributed by atoms with Crippen molar-refractivity contribution < 1.29 is 22.5 Å². The average Bonchev–Trinajstić information content (AvgIpc) is 3.25. The summed E-state index contributed by atoms with van der Waals surface area (Å²) >= 11 is 0. The second-order valence-electron chi connectivity index (χ2n) is 5.63. The number of primary sulfonamides is 1. The zero-order valence-corrected chi connectivity index (χ0v) is 14.2. The third-order valence-electron chi connectivity index (χ3n) is 3.77. The first-order valence-corrected chi connectivity index (χ1v) is 9.33. The number of hydrogen-bond acceptors (Lipinski definition) is 7. The Morgan fingerprint density at radius 2 is 2.08 bits per heavy atom. The van der Waals surface area contributed by atoms with Crippen molar-refractivity contribution in [1.82, 2.24) is 15.5 Å². The van der Waals surface area contributed by atoms with E-state index in [4.69, 9.17) is 14.4 Å². The van der Waals surface area contributed by atoms with Crippen LogP contribution < -0.4 is 10.5 Å². The van der Waals surface area contributed by atoms with Gasteiger partial charge in [0.2, 0.25) is 10.0 Å². The van der Waals surface area contributed by atoms with Crippen LogP contribution in [0.1, 0.15) is 41.0 Å². The quantitative estimate of drug-likeness (QED) is 0.761. The molecule has 1 aliphatic heterocycles. The van der Waals surface area contributed by atoms with Crippen LogP contribution in [0.5, 0.6) is 0 Å². The maximum Gasteiger partial charge on any atom is 0.255 e. The van der Waals surface area contributed by atoms with Gasteiger partial charge in [0.05, 0.1) is 4.90 Å². The van der Waals surface area contributed by atoms with E-state index in [1.807, 2.05) is 0 Å². The van der Waals surface area contributed by atoms with E-state index in [0.717, 1.165) is 12.8 Å². The van der Waals surface area contributed by atoms with E-state index in [1.165, 1.54) is 24.3 Å². The molecule has 1 amide bonds. The predicted molar refractivity (Wildman–Crippen MR) is 86.1 cm³/mol. The van der Waals surface area contributed by atoms with Crippen LogP contribution in [-0.2, 0) is 21.2 Å². The number of sulfonamides is 1. The summed E-state index contributed by atoms with van der Waals surface area (Å²) in [5.41, 5.74) is 0.334. The van der Waals surface area contributed by atoms with Gasteiger partial charge in [0.25, 0.3) is 11.8 Å². The summed E-state index contributed by atoms with van der Waals surface area (Å²) in [6.07, 6.45) is 2.13. The Hall–Kier alpha value is -2.30. The highest BCUT2D eigenvalue weighted by atomic mass is 32.2. The van der Waals surface area contributed by atoms with Gasteiger partial charge in [-0.25, -0.2) is 13.6 Å². The number of carbonyl (C=O) groups is 1. The van der Waals surface area contributed by atoms with Crippen molar-refractivity contribution in [2.45, 2.75) is 30.3 Å². The number of nitrogens with two attached hydrogens (primary N) is 1. The topological polar surface area (TPSA) is 137 Å². The maximum absolute atomic E-state index is 12.0. The molecule has 0 radical (unpaired) electrons. The fourth-order valence-corrected chi connectivity index (χ4v) is 2.97. The number of hydrogen-bond donors (Lipinski definition) is 2. The Balaban J connectivity index is 1.51. The number of nitrogens with zero attached hydrogens (tertiary/aromatic N) is 2.